The molecular weight excluding hydrogens is 168 g/mol. The van der Waals surface area contributed by atoms with Gasteiger partial charge in [-0.2, -0.15) is 0 Å². The molecule has 0 aromatic heterocycles. The minimum Gasteiger partial charge on any atom is -0.346 e. The standard InChI is InChI=1S/C9H19.ClH.Mg/c1-8(2)6-5-7-9(3)4;;/h8-9H,1,5-7H2,2-4H3;1H;/q;;+1/p-1. The molecular formula is C9H19ClMg. The van der Waals surface area contributed by atoms with Crippen LogP contribution in [0.15, 0.2) is 0 Å². The van der Waals surface area contributed by atoms with Gasteiger partial charge in [-0.15, -0.1) is 4.55 Å². The van der Waals surface area contributed by atoms with Crippen molar-refractivity contribution in [3.63, 3.8) is 0 Å². The van der Waals surface area contributed by atoms with Crippen molar-refractivity contribution >= 4 is 28.3 Å². The van der Waals surface area contributed by atoms with Gasteiger partial charge in [0.25, 0.3) is 0 Å². The van der Waals surface area contributed by atoms with Crippen molar-refractivity contribution in [3.05, 3.63) is 0 Å². The van der Waals surface area contributed by atoms with Gasteiger partial charge in [-0.1, -0.05) is 46.0 Å². The summed E-state index contributed by atoms with van der Waals surface area (Å²) in [5.74, 6) is 1.76. The normalized spacial score (nSPS) is 13.2. The van der Waals surface area contributed by atoms with Crippen LogP contribution in [-0.4, -0.2) is 19.3 Å². The zero-order valence-corrected chi connectivity index (χ0v) is 10.2. The molecule has 0 radical (unpaired) electrons. The maximum absolute atomic E-state index is 5.78. The van der Waals surface area contributed by atoms with E-state index >= 15 is 0 Å². The van der Waals surface area contributed by atoms with Crippen LogP contribution >= 0.6 is 9.07 Å². The molecule has 0 aliphatic rings. The van der Waals surface area contributed by atoms with Gasteiger partial charge in [0.2, 0.25) is 0 Å². The lowest BCUT2D eigenvalue weighted by molar-refractivity contribution is 0.480. The molecule has 0 heterocycles. The zero-order chi connectivity index (χ0) is 8.69. The summed E-state index contributed by atoms with van der Waals surface area (Å²) in [5, 5.41) is 0. The maximum atomic E-state index is 5.78. The first-order valence-electron chi connectivity index (χ1n) is 4.72. The monoisotopic (exact) mass is 186 g/mol. The van der Waals surface area contributed by atoms with E-state index in [2.05, 4.69) is 20.8 Å². The van der Waals surface area contributed by atoms with E-state index in [-0.39, 0.29) is 19.3 Å². The molecule has 1 atom stereocenters. The van der Waals surface area contributed by atoms with Gasteiger partial charge in [-0.05, 0) is 5.92 Å². The molecule has 0 spiro atoms. The molecule has 2 heteroatoms. The van der Waals surface area contributed by atoms with Crippen molar-refractivity contribution in [3.8, 4) is 0 Å². The van der Waals surface area contributed by atoms with Crippen LogP contribution in [-0.2, 0) is 0 Å². The highest BCUT2D eigenvalue weighted by molar-refractivity contribution is 6.93. The number of hydrogen-bond donors (Lipinski definition) is 0. The molecule has 0 amide bonds. The van der Waals surface area contributed by atoms with Gasteiger partial charge in [-0.3, -0.25) is 0 Å². The van der Waals surface area contributed by atoms with E-state index in [9.17, 15) is 0 Å². The molecule has 0 saturated heterocycles. The second-order valence-corrected chi connectivity index (χ2v) is 6.00. The number of rotatable bonds is 6. The van der Waals surface area contributed by atoms with E-state index in [0.29, 0.717) is 0 Å². The molecule has 1 unspecified atom stereocenters. The quantitative estimate of drug-likeness (QED) is 0.555. The fourth-order valence-electron chi connectivity index (χ4n) is 1.21. The minimum atomic E-state index is -0.209. The third-order valence-electron chi connectivity index (χ3n) is 2.08. The molecule has 11 heavy (non-hydrogen) atoms. The van der Waals surface area contributed by atoms with Crippen LogP contribution in [0.25, 0.3) is 0 Å². The highest BCUT2D eigenvalue weighted by Crippen LogP contribution is 2.15. The molecule has 0 rings (SSSR count). The van der Waals surface area contributed by atoms with Gasteiger partial charge in [0.05, 0.1) is 0 Å². The average molecular weight is 187 g/mol. The Hall–Kier alpha value is 1.06. The third-order valence-corrected chi connectivity index (χ3v) is 3.94. The van der Waals surface area contributed by atoms with Gasteiger partial charge in [0.15, 0.2) is 0 Å². The summed E-state index contributed by atoms with van der Waals surface area (Å²) in [4.78, 5) is 0. The largest absolute Gasteiger partial charge is 0.501 e. The van der Waals surface area contributed by atoms with E-state index in [1.165, 1.54) is 23.8 Å². The molecule has 0 saturated carbocycles. The van der Waals surface area contributed by atoms with Gasteiger partial charge in [0.1, 0.15) is 0 Å². The molecule has 0 N–H and O–H groups in total. The fraction of sp³-hybridized carbons (Fsp3) is 1.00. The number of hydrogen-bond acceptors (Lipinski definition) is 0. The molecule has 0 aliphatic carbocycles. The topological polar surface area (TPSA) is 0 Å². The molecule has 0 aliphatic heterocycles. The molecule has 0 bridgehead atoms. The summed E-state index contributed by atoms with van der Waals surface area (Å²) in [7, 11) is 5.78. The number of halogens is 1. The van der Waals surface area contributed by atoms with E-state index in [0.717, 1.165) is 11.8 Å². The molecule has 0 nitrogen and oxygen atoms in total. The summed E-state index contributed by atoms with van der Waals surface area (Å²) in [6.07, 6.45) is 4.16. The molecule has 64 valence electrons. The third kappa shape index (κ3) is 8.97. The Morgan fingerprint density at radius 1 is 1.18 bits per heavy atom. The van der Waals surface area contributed by atoms with Gasteiger partial charge in [0, 0.05) is 0 Å². The van der Waals surface area contributed by atoms with Crippen molar-refractivity contribution < 1.29 is 0 Å². The zero-order valence-electron chi connectivity index (χ0n) is 8.07. The highest BCUT2D eigenvalue weighted by Gasteiger charge is 2.03. The van der Waals surface area contributed by atoms with Crippen molar-refractivity contribution in [2.24, 2.45) is 11.8 Å². The second kappa shape index (κ2) is 7.69. The second-order valence-electron chi connectivity index (χ2n) is 3.91. The van der Waals surface area contributed by atoms with Gasteiger partial charge < -0.3 is 9.07 Å². The summed E-state index contributed by atoms with van der Waals surface area (Å²) >= 11 is -0.209. The van der Waals surface area contributed by atoms with Crippen molar-refractivity contribution in [2.45, 2.75) is 44.6 Å². The SMILES string of the molecule is CC(C)CCCC(C)[CH2][Mg][Cl]. The van der Waals surface area contributed by atoms with Crippen molar-refractivity contribution in [1.82, 2.24) is 0 Å². The fourth-order valence-corrected chi connectivity index (χ4v) is 2.98. The molecule has 0 fully saturated rings. The van der Waals surface area contributed by atoms with E-state index in [1.54, 1.807) is 0 Å². The smallest absolute Gasteiger partial charge is 0.346 e. The predicted molar refractivity (Wildman–Crippen MR) is 54.3 cm³/mol. The summed E-state index contributed by atoms with van der Waals surface area (Å²) in [5.41, 5.74) is 0. The first-order chi connectivity index (χ1) is 5.16. The Morgan fingerprint density at radius 3 is 2.27 bits per heavy atom. The Kier molecular flexibility index (Phi) is 8.43. The Labute approximate surface area is 84.6 Å². The maximum Gasteiger partial charge on any atom is 0.501 e. The molecule has 0 aromatic carbocycles. The Bertz CT molecular complexity index is 83.6. The van der Waals surface area contributed by atoms with Crippen LogP contribution in [0.1, 0.15) is 40.0 Å². The summed E-state index contributed by atoms with van der Waals surface area (Å²) < 4.78 is 1.32. The van der Waals surface area contributed by atoms with Crippen LogP contribution in [0, 0.1) is 11.8 Å². The summed E-state index contributed by atoms with van der Waals surface area (Å²) in [6, 6.07) is 0. The van der Waals surface area contributed by atoms with E-state index < -0.39 is 0 Å². The Balaban J connectivity index is 3.10. The molecule has 0 aromatic rings. The predicted octanol–water partition coefficient (Wildman–Crippen LogP) is 3.73. The van der Waals surface area contributed by atoms with Crippen molar-refractivity contribution in [2.75, 3.05) is 0 Å². The minimum absolute atomic E-state index is 0.209. The van der Waals surface area contributed by atoms with Gasteiger partial charge >= 0.3 is 19.3 Å². The van der Waals surface area contributed by atoms with Crippen molar-refractivity contribution in [1.29, 1.82) is 0 Å². The summed E-state index contributed by atoms with van der Waals surface area (Å²) in [6.45, 7) is 6.91. The van der Waals surface area contributed by atoms with Crippen LogP contribution < -0.4 is 0 Å². The van der Waals surface area contributed by atoms with E-state index in [4.69, 9.17) is 9.07 Å². The van der Waals surface area contributed by atoms with Crippen LogP contribution in [0.5, 0.6) is 0 Å². The van der Waals surface area contributed by atoms with Crippen LogP contribution in [0.2, 0.25) is 4.55 Å². The lowest BCUT2D eigenvalue weighted by Gasteiger charge is -2.09. The lowest BCUT2D eigenvalue weighted by atomic mass is 10.0. The highest BCUT2D eigenvalue weighted by atomic mass is 35.5. The Morgan fingerprint density at radius 2 is 1.82 bits per heavy atom. The lowest BCUT2D eigenvalue weighted by Crippen LogP contribution is -1.97. The van der Waals surface area contributed by atoms with E-state index in [1.807, 2.05) is 0 Å². The first-order valence-corrected chi connectivity index (χ1v) is 7.86. The van der Waals surface area contributed by atoms with Crippen LogP contribution in [0.4, 0.5) is 0 Å². The first kappa shape index (κ1) is 12.1. The average Bonchev–Trinajstić information content (AvgIpc) is 1.87. The van der Waals surface area contributed by atoms with Crippen LogP contribution in [0.3, 0.4) is 0 Å². The van der Waals surface area contributed by atoms with Gasteiger partial charge in [-0.25, -0.2) is 0 Å².